The van der Waals surface area contributed by atoms with Crippen molar-refractivity contribution in [3.05, 3.63) is 29.6 Å². The standard InChI is InChI=1S/C18H25N3O3/c22-12-13-5-8-19-16(11-13)17(23)20-15-6-9-21(10-7-15)18(24)14-3-1-2-4-14/h5,8,11,14-15,22H,1-4,6-7,9-10,12H2,(H,20,23). The predicted molar refractivity (Wildman–Crippen MR) is 89.2 cm³/mol. The second kappa shape index (κ2) is 7.75. The van der Waals surface area contributed by atoms with Gasteiger partial charge in [0.2, 0.25) is 5.91 Å². The van der Waals surface area contributed by atoms with Crippen molar-refractivity contribution in [3.8, 4) is 0 Å². The number of likely N-dealkylation sites (tertiary alicyclic amines) is 1. The van der Waals surface area contributed by atoms with Gasteiger partial charge in [-0.25, -0.2) is 0 Å². The third kappa shape index (κ3) is 3.93. The van der Waals surface area contributed by atoms with E-state index in [1.807, 2.05) is 4.90 Å². The molecule has 6 nitrogen and oxygen atoms in total. The summed E-state index contributed by atoms with van der Waals surface area (Å²) in [5.41, 5.74) is 0.998. The van der Waals surface area contributed by atoms with Crippen LogP contribution in [0.5, 0.6) is 0 Å². The number of aliphatic hydroxyl groups is 1. The van der Waals surface area contributed by atoms with Crippen molar-refractivity contribution in [3.63, 3.8) is 0 Å². The number of aliphatic hydroxyl groups excluding tert-OH is 1. The number of hydrogen-bond acceptors (Lipinski definition) is 4. The molecule has 2 amide bonds. The Balaban J connectivity index is 1.49. The molecule has 6 heteroatoms. The van der Waals surface area contributed by atoms with Gasteiger partial charge in [0.15, 0.2) is 0 Å². The van der Waals surface area contributed by atoms with Gasteiger partial charge < -0.3 is 15.3 Å². The van der Waals surface area contributed by atoms with Gasteiger partial charge >= 0.3 is 0 Å². The molecule has 0 unspecified atom stereocenters. The van der Waals surface area contributed by atoms with Crippen molar-refractivity contribution < 1.29 is 14.7 Å². The van der Waals surface area contributed by atoms with Crippen molar-refractivity contribution in [1.82, 2.24) is 15.2 Å². The molecular formula is C18H25N3O3. The van der Waals surface area contributed by atoms with Gasteiger partial charge in [0.05, 0.1) is 6.61 Å². The van der Waals surface area contributed by atoms with Gasteiger partial charge in [0, 0.05) is 31.2 Å². The molecule has 1 aliphatic heterocycles. The lowest BCUT2D eigenvalue weighted by molar-refractivity contribution is -0.136. The van der Waals surface area contributed by atoms with Gasteiger partial charge in [-0.1, -0.05) is 12.8 Å². The van der Waals surface area contributed by atoms with Crippen LogP contribution in [0.1, 0.15) is 54.6 Å². The van der Waals surface area contributed by atoms with Crippen molar-refractivity contribution in [1.29, 1.82) is 0 Å². The van der Waals surface area contributed by atoms with E-state index in [4.69, 9.17) is 5.11 Å². The maximum Gasteiger partial charge on any atom is 0.270 e. The number of nitrogens with one attached hydrogen (secondary N) is 1. The maximum absolute atomic E-state index is 12.4. The molecule has 1 aliphatic carbocycles. The highest BCUT2D eigenvalue weighted by Crippen LogP contribution is 2.27. The molecular weight excluding hydrogens is 306 g/mol. The first-order chi connectivity index (χ1) is 11.7. The smallest absolute Gasteiger partial charge is 0.270 e. The number of carbonyl (C=O) groups excluding carboxylic acids is 2. The second-order valence-corrected chi connectivity index (χ2v) is 6.76. The first-order valence-electron chi connectivity index (χ1n) is 8.83. The van der Waals surface area contributed by atoms with Crippen LogP contribution >= 0.6 is 0 Å². The summed E-state index contributed by atoms with van der Waals surface area (Å²) < 4.78 is 0. The third-order valence-electron chi connectivity index (χ3n) is 5.09. The zero-order chi connectivity index (χ0) is 16.9. The molecule has 2 fully saturated rings. The molecule has 0 aromatic carbocycles. The Hall–Kier alpha value is -1.95. The van der Waals surface area contributed by atoms with Crippen molar-refractivity contribution in [2.24, 2.45) is 5.92 Å². The van der Waals surface area contributed by atoms with Crippen LogP contribution in [0.25, 0.3) is 0 Å². The van der Waals surface area contributed by atoms with E-state index in [2.05, 4.69) is 10.3 Å². The van der Waals surface area contributed by atoms with E-state index < -0.39 is 0 Å². The number of pyridine rings is 1. The van der Waals surface area contributed by atoms with E-state index >= 15 is 0 Å². The highest BCUT2D eigenvalue weighted by molar-refractivity contribution is 5.92. The maximum atomic E-state index is 12.4. The minimum absolute atomic E-state index is 0.0738. The van der Waals surface area contributed by atoms with Gasteiger partial charge in [-0.15, -0.1) is 0 Å². The van der Waals surface area contributed by atoms with Gasteiger partial charge in [-0.2, -0.15) is 0 Å². The summed E-state index contributed by atoms with van der Waals surface area (Å²) in [4.78, 5) is 30.7. The van der Waals surface area contributed by atoms with Crippen LogP contribution in [-0.2, 0) is 11.4 Å². The predicted octanol–water partition coefficient (Wildman–Crippen LogP) is 1.48. The Morgan fingerprint density at radius 3 is 2.58 bits per heavy atom. The van der Waals surface area contributed by atoms with E-state index in [1.165, 1.54) is 19.0 Å². The monoisotopic (exact) mass is 331 g/mol. The molecule has 0 atom stereocenters. The van der Waals surface area contributed by atoms with E-state index in [9.17, 15) is 9.59 Å². The molecule has 1 saturated carbocycles. The molecule has 1 aromatic heterocycles. The van der Waals surface area contributed by atoms with Crippen LogP contribution in [0, 0.1) is 5.92 Å². The van der Waals surface area contributed by atoms with Crippen LogP contribution in [0.3, 0.4) is 0 Å². The molecule has 2 N–H and O–H groups in total. The molecule has 1 saturated heterocycles. The fourth-order valence-corrected chi connectivity index (χ4v) is 3.63. The van der Waals surface area contributed by atoms with E-state index in [1.54, 1.807) is 12.1 Å². The molecule has 130 valence electrons. The second-order valence-electron chi connectivity index (χ2n) is 6.76. The van der Waals surface area contributed by atoms with Gasteiger partial charge in [0.25, 0.3) is 5.91 Å². The first kappa shape index (κ1) is 16.9. The number of hydrogen-bond donors (Lipinski definition) is 2. The zero-order valence-electron chi connectivity index (χ0n) is 13.9. The lowest BCUT2D eigenvalue weighted by Crippen LogP contribution is -2.48. The third-order valence-corrected chi connectivity index (χ3v) is 5.09. The van der Waals surface area contributed by atoms with Crippen LogP contribution in [0.15, 0.2) is 18.3 Å². The molecule has 24 heavy (non-hydrogen) atoms. The van der Waals surface area contributed by atoms with Crippen LogP contribution in [0.2, 0.25) is 0 Å². The number of nitrogens with zero attached hydrogens (tertiary/aromatic N) is 2. The summed E-state index contributed by atoms with van der Waals surface area (Å²) in [6.45, 7) is 1.32. The Labute approximate surface area is 142 Å². The first-order valence-corrected chi connectivity index (χ1v) is 8.83. The van der Waals surface area contributed by atoms with Crippen LogP contribution in [0.4, 0.5) is 0 Å². The molecule has 1 aromatic rings. The Morgan fingerprint density at radius 2 is 1.92 bits per heavy atom. The highest BCUT2D eigenvalue weighted by Gasteiger charge is 2.30. The van der Waals surface area contributed by atoms with E-state index in [0.29, 0.717) is 30.3 Å². The summed E-state index contributed by atoms with van der Waals surface area (Å²) in [5, 5.41) is 12.1. The van der Waals surface area contributed by atoms with E-state index in [0.717, 1.165) is 25.7 Å². The van der Waals surface area contributed by atoms with Gasteiger partial charge in [-0.05, 0) is 43.4 Å². The van der Waals surface area contributed by atoms with Crippen LogP contribution < -0.4 is 5.32 Å². The Bertz CT molecular complexity index is 591. The normalized spacial score (nSPS) is 19.5. The Kier molecular flexibility index (Phi) is 5.45. The number of rotatable bonds is 4. The molecule has 2 heterocycles. The van der Waals surface area contributed by atoms with Crippen LogP contribution in [-0.4, -0.2) is 45.9 Å². The van der Waals surface area contributed by atoms with Crippen molar-refractivity contribution >= 4 is 11.8 Å². The largest absolute Gasteiger partial charge is 0.392 e. The average molecular weight is 331 g/mol. The Morgan fingerprint density at radius 1 is 1.21 bits per heavy atom. The summed E-state index contributed by atoms with van der Waals surface area (Å²) in [6, 6.07) is 3.36. The highest BCUT2D eigenvalue weighted by atomic mass is 16.3. The fraction of sp³-hybridized carbons (Fsp3) is 0.611. The topological polar surface area (TPSA) is 82.5 Å². The summed E-state index contributed by atoms with van der Waals surface area (Å²) >= 11 is 0. The minimum atomic E-state index is -0.217. The summed E-state index contributed by atoms with van der Waals surface area (Å²) in [5.74, 6) is 0.307. The summed E-state index contributed by atoms with van der Waals surface area (Å²) in [7, 11) is 0. The lowest BCUT2D eigenvalue weighted by Gasteiger charge is -2.33. The molecule has 3 rings (SSSR count). The fourth-order valence-electron chi connectivity index (χ4n) is 3.63. The van der Waals surface area contributed by atoms with E-state index in [-0.39, 0.29) is 24.5 Å². The molecule has 0 radical (unpaired) electrons. The number of amides is 2. The van der Waals surface area contributed by atoms with Crippen molar-refractivity contribution in [2.45, 2.75) is 51.2 Å². The number of aromatic nitrogens is 1. The lowest BCUT2D eigenvalue weighted by atomic mass is 10.0. The quantitative estimate of drug-likeness (QED) is 0.875. The molecule has 0 bridgehead atoms. The van der Waals surface area contributed by atoms with Crippen molar-refractivity contribution in [2.75, 3.05) is 13.1 Å². The molecule has 2 aliphatic rings. The average Bonchev–Trinajstić information content (AvgIpc) is 3.16. The minimum Gasteiger partial charge on any atom is -0.392 e. The van der Waals surface area contributed by atoms with Gasteiger partial charge in [0.1, 0.15) is 5.69 Å². The van der Waals surface area contributed by atoms with Gasteiger partial charge in [-0.3, -0.25) is 14.6 Å². The molecule has 0 spiro atoms. The zero-order valence-corrected chi connectivity index (χ0v) is 13.9. The summed E-state index contributed by atoms with van der Waals surface area (Å²) in [6.07, 6.45) is 7.49. The number of carbonyl (C=O) groups is 2. The SMILES string of the molecule is O=C(NC1CCN(C(=O)C2CCCC2)CC1)c1cc(CO)ccn1. The number of piperidine rings is 1.